The maximum Gasteiger partial charge on any atom is 0.320 e. The number of nitrogens with zero attached hydrogens (tertiary/aromatic N) is 4. The van der Waals surface area contributed by atoms with Crippen molar-refractivity contribution in [3.8, 4) is 0 Å². The molecular formula is C25H38N4O3. The van der Waals surface area contributed by atoms with E-state index >= 15 is 0 Å². The number of pyridine rings is 1. The van der Waals surface area contributed by atoms with Crippen LogP contribution in [0.4, 0.5) is 4.79 Å². The van der Waals surface area contributed by atoms with E-state index in [9.17, 15) is 14.7 Å². The van der Waals surface area contributed by atoms with Crippen molar-refractivity contribution < 1.29 is 14.7 Å². The van der Waals surface area contributed by atoms with Crippen LogP contribution in [-0.4, -0.2) is 81.6 Å². The van der Waals surface area contributed by atoms with Crippen LogP contribution in [0.2, 0.25) is 0 Å². The maximum atomic E-state index is 14.0. The van der Waals surface area contributed by atoms with Gasteiger partial charge in [-0.1, -0.05) is 0 Å². The normalized spacial score (nSPS) is 29.1. The largest absolute Gasteiger partial charge is 0.396 e. The fraction of sp³-hybridized carbons (Fsp3) is 0.720. The number of carbonyl (C=O) groups is 2. The molecular weight excluding hydrogens is 404 g/mol. The molecule has 7 nitrogen and oxygen atoms in total. The van der Waals surface area contributed by atoms with E-state index in [4.69, 9.17) is 0 Å². The van der Waals surface area contributed by atoms with E-state index in [1.807, 2.05) is 33.8 Å². The first-order chi connectivity index (χ1) is 15.5. The third-order valence-corrected chi connectivity index (χ3v) is 7.94. The van der Waals surface area contributed by atoms with Gasteiger partial charge in [-0.2, -0.15) is 0 Å². The lowest BCUT2D eigenvalue weighted by atomic mass is 9.64. The highest BCUT2D eigenvalue weighted by Crippen LogP contribution is 2.46. The van der Waals surface area contributed by atoms with Crippen LogP contribution in [0.25, 0.3) is 0 Å². The van der Waals surface area contributed by atoms with Gasteiger partial charge in [0.2, 0.25) is 5.91 Å². The minimum Gasteiger partial charge on any atom is -0.396 e. The summed E-state index contributed by atoms with van der Waals surface area (Å²) in [6, 6.07) is 4.01. The number of piperidine rings is 3. The van der Waals surface area contributed by atoms with Gasteiger partial charge in [0.15, 0.2) is 0 Å². The second-order valence-electron chi connectivity index (χ2n) is 10.0. The summed E-state index contributed by atoms with van der Waals surface area (Å²) in [5, 5.41) is 9.98. The molecule has 4 rings (SSSR count). The van der Waals surface area contributed by atoms with E-state index in [2.05, 4.69) is 4.98 Å². The number of aliphatic hydroxyl groups excluding tert-OH is 1. The second-order valence-corrected chi connectivity index (χ2v) is 10.0. The van der Waals surface area contributed by atoms with Crippen LogP contribution < -0.4 is 0 Å². The van der Waals surface area contributed by atoms with Crippen molar-refractivity contribution in [2.24, 2.45) is 0 Å². The van der Waals surface area contributed by atoms with Gasteiger partial charge in [-0.3, -0.25) is 9.78 Å². The molecule has 3 saturated heterocycles. The second kappa shape index (κ2) is 9.77. The van der Waals surface area contributed by atoms with E-state index in [1.165, 1.54) is 0 Å². The number of likely N-dealkylation sites (tertiary alicyclic amines) is 3. The molecule has 1 N–H and O–H groups in total. The Hall–Kier alpha value is -2.15. The number of amides is 3. The van der Waals surface area contributed by atoms with Gasteiger partial charge in [-0.25, -0.2) is 4.79 Å². The number of carbonyl (C=O) groups excluding carboxylic acids is 2. The molecule has 0 aromatic carbocycles. The molecule has 176 valence electrons. The molecule has 3 fully saturated rings. The van der Waals surface area contributed by atoms with Crippen molar-refractivity contribution in [1.29, 1.82) is 0 Å². The van der Waals surface area contributed by atoms with Crippen LogP contribution in [0.1, 0.15) is 70.3 Å². The first-order valence-corrected chi connectivity index (χ1v) is 12.4. The summed E-state index contributed by atoms with van der Waals surface area (Å²) < 4.78 is 0. The van der Waals surface area contributed by atoms with Gasteiger partial charge in [0, 0.05) is 57.1 Å². The Bertz CT molecular complexity index is 792. The van der Waals surface area contributed by atoms with Crippen molar-refractivity contribution in [2.75, 3.05) is 39.3 Å². The van der Waals surface area contributed by atoms with Crippen LogP contribution in [0, 0.1) is 0 Å². The molecule has 0 radical (unpaired) electrons. The number of urea groups is 1. The zero-order valence-electron chi connectivity index (χ0n) is 19.5. The lowest BCUT2D eigenvalue weighted by Gasteiger charge is -2.54. The van der Waals surface area contributed by atoms with Gasteiger partial charge in [-0.15, -0.1) is 0 Å². The molecule has 4 heterocycles. The molecule has 32 heavy (non-hydrogen) atoms. The minimum absolute atomic E-state index is 0.00452. The molecule has 0 bridgehead atoms. The van der Waals surface area contributed by atoms with Crippen LogP contribution in [0.3, 0.4) is 0 Å². The lowest BCUT2D eigenvalue weighted by molar-refractivity contribution is -0.147. The molecule has 3 aliphatic rings. The zero-order valence-corrected chi connectivity index (χ0v) is 19.5. The highest BCUT2D eigenvalue weighted by Gasteiger charge is 2.54. The Balaban J connectivity index is 1.69. The Morgan fingerprint density at radius 1 is 0.938 bits per heavy atom. The van der Waals surface area contributed by atoms with Crippen LogP contribution in [0.15, 0.2) is 24.5 Å². The van der Waals surface area contributed by atoms with Crippen LogP contribution in [0.5, 0.6) is 0 Å². The predicted octanol–water partition coefficient (Wildman–Crippen LogP) is 3.17. The Labute approximate surface area is 191 Å². The molecule has 1 aromatic heterocycles. The number of aromatic nitrogens is 1. The number of aliphatic hydroxyl groups is 1. The van der Waals surface area contributed by atoms with Crippen molar-refractivity contribution in [1.82, 2.24) is 19.7 Å². The predicted molar refractivity (Wildman–Crippen MR) is 123 cm³/mol. The first kappa shape index (κ1) is 23.0. The van der Waals surface area contributed by atoms with Crippen LogP contribution >= 0.6 is 0 Å². The summed E-state index contributed by atoms with van der Waals surface area (Å²) >= 11 is 0. The third kappa shape index (κ3) is 4.36. The summed E-state index contributed by atoms with van der Waals surface area (Å²) in [5.41, 5.74) is -0.177. The average molecular weight is 443 g/mol. The first-order valence-electron chi connectivity index (χ1n) is 12.4. The molecule has 0 aliphatic carbocycles. The van der Waals surface area contributed by atoms with E-state index in [1.54, 1.807) is 12.4 Å². The molecule has 0 spiro atoms. The topological polar surface area (TPSA) is 77.0 Å². The van der Waals surface area contributed by atoms with Crippen molar-refractivity contribution in [3.63, 3.8) is 0 Å². The van der Waals surface area contributed by atoms with Gasteiger partial charge >= 0.3 is 6.03 Å². The summed E-state index contributed by atoms with van der Waals surface area (Å²) in [6.45, 7) is 5.62. The molecule has 3 amide bonds. The molecule has 2 unspecified atom stereocenters. The minimum atomic E-state index is -0.928. The SMILES string of the molecule is CC1(C(=O)N2CCCCC2)CC(CCO)(c2ccncc2)CCN1C(=O)N1CCCCC1. The molecule has 0 saturated carbocycles. The fourth-order valence-electron chi connectivity index (χ4n) is 6.13. The smallest absolute Gasteiger partial charge is 0.320 e. The van der Waals surface area contributed by atoms with Crippen molar-refractivity contribution in [3.05, 3.63) is 30.1 Å². The fourth-order valence-corrected chi connectivity index (χ4v) is 6.13. The van der Waals surface area contributed by atoms with E-state index in [0.717, 1.165) is 76.7 Å². The third-order valence-electron chi connectivity index (χ3n) is 7.94. The monoisotopic (exact) mass is 442 g/mol. The van der Waals surface area contributed by atoms with Gasteiger partial charge in [0.1, 0.15) is 5.54 Å². The Kier molecular flexibility index (Phi) is 7.03. The van der Waals surface area contributed by atoms with Crippen molar-refractivity contribution in [2.45, 2.75) is 75.7 Å². The lowest BCUT2D eigenvalue weighted by Crippen LogP contribution is -2.68. The van der Waals surface area contributed by atoms with Gasteiger partial charge < -0.3 is 19.8 Å². The summed E-state index contributed by atoms with van der Waals surface area (Å²) in [4.78, 5) is 37.7. The Morgan fingerprint density at radius 3 is 2.12 bits per heavy atom. The van der Waals surface area contributed by atoms with E-state index < -0.39 is 5.54 Å². The molecule has 3 aliphatic heterocycles. The number of hydrogen-bond donors (Lipinski definition) is 1. The van der Waals surface area contributed by atoms with Gasteiger partial charge in [-0.05, 0) is 82.4 Å². The average Bonchev–Trinajstić information content (AvgIpc) is 2.85. The maximum absolute atomic E-state index is 14.0. The summed E-state index contributed by atoms with van der Waals surface area (Å²) in [5.74, 6) is 0.0682. The van der Waals surface area contributed by atoms with Gasteiger partial charge in [0.05, 0.1) is 0 Å². The summed E-state index contributed by atoms with van der Waals surface area (Å²) in [7, 11) is 0. The molecule has 1 aromatic rings. The zero-order chi connectivity index (χ0) is 22.6. The molecule has 2 atom stereocenters. The highest BCUT2D eigenvalue weighted by molar-refractivity contribution is 5.91. The Morgan fingerprint density at radius 2 is 1.53 bits per heavy atom. The van der Waals surface area contributed by atoms with Crippen molar-refractivity contribution >= 4 is 11.9 Å². The van der Waals surface area contributed by atoms with Gasteiger partial charge in [0.25, 0.3) is 0 Å². The molecule has 7 heteroatoms. The highest BCUT2D eigenvalue weighted by atomic mass is 16.3. The summed E-state index contributed by atoms with van der Waals surface area (Å²) in [6.07, 6.45) is 11.8. The number of hydrogen-bond acceptors (Lipinski definition) is 4. The van der Waals surface area contributed by atoms with Crippen LogP contribution in [-0.2, 0) is 10.2 Å². The number of rotatable bonds is 4. The van der Waals surface area contributed by atoms with E-state index in [0.29, 0.717) is 19.4 Å². The standard InChI is InChI=1S/C25H38N4O3/c1-24(22(31)27-14-4-2-5-15-27)20-25(11-19-30,21-8-12-26-13-9-21)10-18-29(24)23(32)28-16-6-3-7-17-28/h8-9,12-13,30H,2-7,10-11,14-20H2,1H3. The quantitative estimate of drug-likeness (QED) is 0.777. The van der Waals surface area contributed by atoms with E-state index in [-0.39, 0.29) is 24.0 Å².